The van der Waals surface area contributed by atoms with Crippen LogP contribution >= 0.6 is 0 Å². The minimum absolute atomic E-state index is 0.346. The smallest absolute Gasteiger partial charge is 0.191 e. The summed E-state index contributed by atoms with van der Waals surface area (Å²) >= 11 is 0. The van der Waals surface area contributed by atoms with Crippen LogP contribution < -0.4 is 10.6 Å². The van der Waals surface area contributed by atoms with Crippen molar-refractivity contribution in [1.29, 1.82) is 0 Å². The van der Waals surface area contributed by atoms with E-state index in [9.17, 15) is 0 Å². The van der Waals surface area contributed by atoms with Crippen LogP contribution in [0, 0.1) is 25.7 Å². The minimum Gasteiger partial charge on any atom is -0.361 e. The lowest BCUT2D eigenvalue weighted by Crippen LogP contribution is -2.47. The molecule has 5 nitrogen and oxygen atoms in total. The van der Waals surface area contributed by atoms with Crippen molar-refractivity contribution in [3.8, 4) is 0 Å². The summed E-state index contributed by atoms with van der Waals surface area (Å²) in [5.41, 5.74) is 2.20. The molecule has 0 saturated heterocycles. The molecule has 1 aromatic rings. The second kappa shape index (κ2) is 8.24. The summed E-state index contributed by atoms with van der Waals surface area (Å²) in [7, 11) is 1.86. The molecular weight excluding hydrogens is 312 g/mol. The molecule has 140 valence electrons. The molecule has 0 spiro atoms. The molecule has 2 aliphatic rings. The summed E-state index contributed by atoms with van der Waals surface area (Å²) in [5.74, 6) is 4.11. The van der Waals surface area contributed by atoms with Crippen LogP contribution in [-0.4, -0.2) is 30.8 Å². The molecule has 2 saturated carbocycles. The first-order valence-corrected chi connectivity index (χ1v) is 9.98. The highest BCUT2D eigenvalue weighted by Gasteiger charge is 2.32. The van der Waals surface area contributed by atoms with Crippen molar-refractivity contribution in [2.75, 3.05) is 13.6 Å². The van der Waals surface area contributed by atoms with Crippen molar-refractivity contribution in [3.63, 3.8) is 0 Å². The van der Waals surface area contributed by atoms with Crippen molar-refractivity contribution >= 4 is 5.96 Å². The molecule has 1 heterocycles. The van der Waals surface area contributed by atoms with E-state index >= 15 is 0 Å². The molecule has 0 aromatic carbocycles. The van der Waals surface area contributed by atoms with Gasteiger partial charge < -0.3 is 15.2 Å². The van der Waals surface area contributed by atoms with E-state index in [1.807, 2.05) is 20.9 Å². The van der Waals surface area contributed by atoms with Gasteiger partial charge in [-0.05, 0) is 44.9 Å². The number of fused-ring (bicyclic) bond motifs is 1. The standard InChI is InChI=1S/C20H34N4O/c1-13(19-14(2)24-25-15(19)3)12-22-20(21-4)23-18-10-9-16-7-5-6-8-17(16)11-18/h13,16-18H,5-12H2,1-4H3,(H2,21,22,23). The fourth-order valence-electron chi connectivity index (χ4n) is 4.94. The number of nitrogens with one attached hydrogen (secondary N) is 2. The van der Waals surface area contributed by atoms with Gasteiger partial charge in [-0.2, -0.15) is 0 Å². The quantitative estimate of drug-likeness (QED) is 0.641. The lowest BCUT2D eigenvalue weighted by molar-refractivity contribution is 0.150. The summed E-state index contributed by atoms with van der Waals surface area (Å²) in [6.45, 7) is 7.04. The van der Waals surface area contributed by atoms with Gasteiger partial charge in [-0.15, -0.1) is 0 Å². The average molecular weight is 347 g/mol. The molecule has 0 radical (unpaired) electrons. The summed E-state index contributed by atoms with van der Waals surface area (Å²) in [6, 6.07) is 0.569. The Labute approximate surface area is 152 Å². The first-order valence-electron chi connectivity index (χ1n) is 9.98. The SMILES string of the molecule is CN=C(NCC(C)c1c(C)noc1C)NC1CCC2CCCCC2C1. The van der Waals surface area contributed by atoms with Crippen LogP contribution in [0.2, 0.25) is 0 Å². The molecule has 3 rings (SSSR count). The van der Waals surface area contributed by atoms with Crippen molar-refractivity contribution < 1.29 is 4.52 Å². The van der Waals surface area contributed by atoms with E-state index in [4.69, 9.17) is 4.52 Å². The zero-order valence-corrected chi connectivity index (χ0v) is 16.3. The first-order chi connectivity index (χ1) is 12.1. The normalized spacial score (nSPS) is 28.3. The molecule has 1 aromatic heterocycles. The van der Waals surface area contributed by atoms with Crippen LogP contribution in [-0.2, 0) is 0 Å². The van der Waals surface area contributed by atoms with E-state index < -0.39 is 0 Å². The predicted octanol–water partition coefficient (Wildman–Crippen LogP) is 3.92. The van der Waals surface area contributed by atoms with Gasteiger partial charge in [0.1, 0.15) is 5.76 Å². The molecule has 0 amide bonds. The Morgan fingerprint density at radius 2 is 1.96 bits per heavy atom. The molecule has 2 fully saturated rings. The van der Waals surface area contributed by atoms with Crippen LogP contribution in [0.4, 0.5) is 0 Å². The van der Waals surface area contributed by atoms with Gasteiger partial charge >= 0.3 is 0 Å². The number of nitrogens with zero attached hydrogens (tertiary/aromatic N) is 2. The summed E-state index contributed by atoms with van der Waals surface area (Å²) in [5, 5.41) is 11.2. The Hall–Kier alpha value is -1.52. The number of guanidine groups is 1. The number of hydrogen-bond donors (Lipinski definition) is 2. The van der Waals surface area contributed by atoms with Crippen LogP contribution in [0.5, 0.6) is 0 Å². The van der Waals surface area contributed by atoms with Crippen molar-refractivity contribution in [1.82, 2.24) is 15.8 Å². The third-order valence-corrected chi connectivity index (χ3v) is 6.26. The molecular formula is C20H34N4O. The molecule has 25 heavy (non-hydrogen) atoms. The maximum Gasteiger partial charge on any atom is 0.191 e. The van der Waals surface area contributed by atoms with E-state index in [2.05, 4.69) is 27.7 Å². The zero-order chi connectivity index (χ0) is 17.8. The maximum absolute atomic E-state index is 5.30. The third-order valence-electron chi connectivity index (χ3n) is 6.26. The highest BCUT2D eigenvalue weighted by Crippen LogP contribution is 2.40. The number of aromatic nitrogens is 1. The Morgan fingerprint density at radius 1 is 1.20 bits per heavy atom. The Bertz CT molecular complexity index is 575. The van der Waals surface area contributed by atoms with Crippen molar-refractivity contribution in [3.05, 3.63) is 17.0 Å². The van der Waals surface area contributed by atoms with E-state index in [1.165, 1.54) is 50.5 Å². The van der Waals surface area contributed by atoms with Gasteiger partial charge in [0.05, 0.1) is 5.69 Å². The van der Waals surface area contributed by atoms with Gasteiger partial charge in [-0.3, -0.25) is 4.99 Å². The first kappa shape index (κ1) is 18.3. The predicted molar refractivity (Wildman–Crippen MR) is 102 cm³/mol. The van der Waals surface area contributed by atoms with E-state index in [1.54, 1.807) is 0 Å². The zero-order valence-electron chi connectivity index (χ0n) is 16.3. The molecule has 2 aliphatic carbocycles. The third kappa shape index (κ3) is 4.36. The Morgan fingerprint density at radius 3 is 2.64 bits per heavy atom. The van der Waals surface area contributed by atoms with Gasteiger partial charge in [-0.1, -0.05) is 37.8 Å². The molecule has 0 bridgehead atoms. The lowest BCUT2D eigenvalue weighted by atomic mass is 9.69. The van der Waals surface area contributed by atoms with Gasteiger partial charge in [-0.25, -0.2) is 0 Å². The Balaban J connectivity index is 1.50. The minimum atomic E-state index is 0.346. The second-order valence-electron chi connectivity index (χ2n) is 8.05. The molecule has 4 atom stereocenters. The highest BCUT2D eigenvalue weighted by molar-refractivity contribution is 5.80. The van der Waals surface area contributed by atoms with Gasteiger partial charge in [0.25, 0.3) is 0 Å². The lowest BCUT2D eigenvalue weighted by Gasteiger charge is -2.40. The van der Waals surface area contributed by atoms with Crippen LogP contribution in [0.25, 0.3) is 0 Å². The fourth-order valence-corrected chi connectivity index (χ4v) is 4.94. The fraction of sp³-hybridized carbons (Fsp3) is 0.800. The van der Waals surface area contributed by atoms with Crippen molar-refractivity contribution in [2.45, 2.75) is 77.7 Å². The second-order valence-corrected chi connectivity index (χ2v) is 8.05. The van der Waals surface area contributed by atoms with Crippen molar-refractivity contribution in [2.24, 2.45) is 16.8 Å². The van der Waals surface area contributed by atoms with Crippen LogP contribution in [0.15, 0.2) is 9.52 Å². The number of aryl methyl sites for hydroxylation is 2. The van der Waals surface area contributed by atoms with Gasteiger partial charge in [0.15, 0.2) is 5.96 Å². The van der Waals surface area contributed by atoms with Gasteiger partial charge in [0, 0.05) is 31.1 Å². The van der Waals surface area contributed by atoms with Crippen LogP contribution in [0.3, 0.4) is 0 Å². The topological polar surface area (TPSA) is 62.5 Å². The number of aliphatic imine (C=N–C) groups is 1. The van der Waals surface area contributed by atoms with Crippen LogP contribution in [0.1, 0.15) is 74.8 Å². The summed E-state index contributed by atoms with van der Waals surface area (Å²) in [6.07, 6.45) is 9.73. The van der Waals surface area contributed by atoms with E-state index in [0.29, 0.717) is 12.0 Å². The molecule has 4 unspecified atom stereocenters. The largest absolute Gasteiger partial charge is 0.361 e. The average Bonchev–Trinajstić information content (AvgIpc) is 2.96. The molecule has 5 heteroatoms. The van der Waals surface area contributed by atoms with E-state index in [-0.39, 0.29) is 0 Å². The number of hydrogen-bond acceptors (Lipinski definition) is 3. The maximum atomic E-state index is 5.30. The highest BCUT2D eigenvalue weighted by atomic mass is 16.5. The monoisotopic (exact) mass is 346 g/mol. The summed E-state index contributed by atoms with van der Waals surface area (Å²) < 4.78 is 5.30. The van der Waals surface area contributed by atoms with Gasteiger partial charge in [0.2, 0.25) is 0 Å². The summed E-state index contributed by atoms with van der Waals surface area (Å²) in [4.78, 5) is 4.44. The molecule has 2 N–H and O–H groups in total. The molecule has 0 aliphatic heterocycles. The Kier molecular flexibility index (Phi) is 6.02. The number of rotatable bonds is 4. The van der Waals surface area contributed by atoms with E-state index in [0.717, 1.165) is 35.8 Å².